The molecule has 0 atom stereocenters. The van der Waals surface area contributed by atoms with E-state index in [-0.39, 0.29) is 16.3 Å². The maximum Gasteiger partial charge on any atom is 0.339 e. The van der Waals surface area contributed by atoms with Crippen LogP contribution in [0.4, 0.5) is 16.2 Å². The van der Waals surface area contributed by atoms with Crippen molar-refractivity contribution in [1.29, 1.82) is 0 Å². The number of hydrogen-bond acceptors (Lipinski definition) is 2. The SMILES string of the molecule is O=C(Nc1ccccc1)Nc1cccc(Cl)c1C(=O)O. The first-order valence-electron chi connectivity index (χ1n) is 5.73. The Bertz CT molecular complexity index is 644. The van der Waals surface area contributed by atoms with Crippen LogP contribution in [-0.2, 0) is 0 Å². The monoisotopic (exact) mass is 290 g/mol. The summed E-state index contributed by atoms with van der Waals surface area (Å²) in [4.78, 5) is 22.9. The van der Waals surface area contributed by atoms with Crippen LogP contribution in [0.3, 0.4) is 0 Å². The molecule has 20 heavy (non-hydrogen) atoms. The lowest BCUT2D eigenvalue weighted by atomic mass is 10.2. The van der Waals surface area contributed by atoms with Crippen molar-refractivity contribution in [3.8, 4) is 0 Å². The molecule has 0 saturated carbocycles. The molecule has 0 heterocycles. The molecule has 102 valence electrons. The Morgan fingerprint density at radius 2 is 1.65 bits per heavy atom. The van der Waals surface area contributed by atoms with E-state index < -0.39 is 12.0 Å². The summed E-state index contributed by atoms with van der Waals surface area (Å²) < 4.78 is 0. The Morgan fingerprint density at radius 3 is 2.30 bits per heavy atom. The number of hydrogen-bond donors (Lipinski definition) is 3. The Balaban J connectivity index is 2.16. The van der Waals surface area contributed by atoms with E-state index in [4.69, 9.17) is 16.7 Å². The molecule has 0 bridgehead atoms. The number of urea groups is 1. The Hall–Kier alpha value is -2.53. The molecule has 0 spiro atoms. The lowest BCUT2D eigenvalue weighted by molar-refractivity contribution is 0.0698. The van der Waals surface area contributed by atoms with Crippen molar-refractivity contribution in [2.45, 2.75) is 0 Å². The van der Waals surface area contributed by atoms with E-state index in [1.54, 1.807) is 30.3 Å². The van der Waals surface area contributed by atoms with Gasteiger partial charge in [-0.3, -0.25) is 0 Å². The minimum absolute atomic E-state index is 0.0648. The highest BCUT2D eigenvalue weighted by Gasteiger charge is 2.15. The van der Waals surface area contributed by atoms with Gasteiger partial charge >= 0.3 is 12.0 Å². The number of aromatic carboxylic acids is 1. The van der Waals surface area contributed by atoms with E-state index in [1.807, 2.05) is 6.07 Å². The molecule has 2 aromatic rings. The lowest BCUT2D eigenvalue weighted by Gasteiger charge is -2.10. The van der Waals surface area contributed by atoms with Gasteiger partial charge in [-0.05, 0) is 24.3 Å². The first-order chi connectivity index (χ1) is 9.58. The minimum atomic E-state index is -1.20. The number of para-hydroxylation sites is 1. The number of nitrogens with one attached hydrogen (secondary N) is 2. The molecule has 0 fully saturated rings. The third-order valence-electron chi connectivity index (χ3n) is 2.51. The van der Waals surface area contributed by atoms with Gasteiger partial charge in [-0.15, -0.1) is 0 Å². The third kappa shape index (κ3) is 3.27. The highest BCUT2D eigenvalue weighted by molar-refractivity contribution is 6.34. The van der Waals surface area contributed by atoms with Crippen molar-refractivity contribution >= 4 is 35.0 Å². The molecular formula is C14H11ClN2O3. The summed E-state index contributed by atoms with van der Waals surface area (Å²) in [6.07, 6.45) is 0. The van der Waals surface area contributed by atoms with Crippen molar-refractivity contribution in [1.82, 2.24) is 0 Å². The van der Waals surface area contributed by atoms with E-state index in [0.29, 0.717) is 5.69 Å². The fourth-order valence-electron chi connectivity index (χ4n) is 1.65. The fraction of sp³-hybridized carbons (Fsp3) is 0. The number of carbonyl (C=O) groups excluding carboxylic acids is 1. The predicted octanol–water partition coefficient (Wildman–Crippen LogP) is 3.68. The summed E-state index contributed by atoms with van der Waals surface area (Å²) in [5.74, 6) is -1.20. The summed E-state index contributed by atoms with van der Waals surface area (Å²) in [6.45, 7) is 0. The maximum atomic E-state index is 11.8. The highest BCUT2D eigenvalue weighted by atomic mass is 35.5. The van der Waals surface area contributed by atoms with Gasteiger partial charge in [-0.2, -0.15) is 0 Å². The second-order valence-corrected chi connectivity index (χ2v) is 4.32. The first kappa shape index (κ1) is 13.9. The van der Waals surface area contributed by atoms with Crippen molar-refractivity contribution in [2.24, 2.45) is 0 Å². The van der Waals surface area contributed by atoms with Gasteiger partial charge in [0.2, 0.25) is 0 Å². The van der Waals surface area contributed by atoms with E-state index in [0.717, 1.165) is 0 Å². The van der Waals surface area contributed by atoms with Crippen molar-refractivity contribution < 1.29 is 14.7 Å². The average Bonchev–Trinajstić information content (AvgIpc) is 2.39. The molecule has 2 rings (SSSR count). The van der Waals surface area contributed by atoms with Gasteiger partial charge in [0.25, 0.3) is 0 Å². The normalized spacial score (nSPS) is 9.85. The van der Waals surface area contributed by atoms with Gasteiger partial charge in [-0.25, -0.2) is 9.59 Å². The molecule has 0 aromatic heterocycles. The van der Waals surface area contributed by atoms with Crippen LogP contribution < -0.4 is 10.6 Å². The van der Waals surface area contributed by atoms with Crippen LogP contribution in [0.5, 0.6) is 0 Å². The molecular weight excluding hydrogens is 280 g/mol. The number of carbonyl (C=O) groups is 2. The van der Waals surface area contributed by atoms with Crippen LogP contribution in [0.15, 0.2) is 48.5 Å². The van der Waals surface area contributed by atoms with Gasteiger partial charge < -0.3 is 15.7 Å². The summed E-state index contributed by atoms with van der Waals surface area (Å²) in [5.41, 5.74) is 0.597. The van der Waals surface area contributed by atoms with Crippen LogP contribution in [0.2, 0.25) is 5.02 Å². The number of benzene rings is 2. The summed E-state index contributed by atoms with van der Waals surface area (Å²) in [5, 5.41) is 14.2. The highest BCUT2D eigenvalue weighted by Crippen LogP contribution is 2.24. The third-order valence-corrected chi connectivity index (χ3v) is 2.82. The molecule has 0 saturated heterocycles. The van der Waals surface area contributed by atoms with Gasteiger partial charge in [0.15, 0.2) is 0 Å². The molecule has 0 aliphatic rings. The number of carboxylic acid groups (broad SMARTS) is 1. The number of halogens is 1. The fourth-order valence-corrected chi connectivity index (χ4v) is 1.91. The minimum Gasteiger partial charge on any atom is -0.478 e. The zero-order chi connectivity index (χ0) is 14.5. The number of anilines is 2. The molecule has 0 aliphatic carbocycles. The summed E-state index contributed by atoms with van der Waals surface area (Å²) in [6, 6.07) is 12.8. The smallest absolute Gasteiger partial charge is 0.339 e. The second kappa shape index (κ2) is 6.08. The first-order valence-corrected chi connectivity index (χ1v) is 6.10. The standard InChI is InChI=1S/C14H11ClN2O3/c15-10-7-4-8-11(12(10)13(18)19)17-14(20)16-9-5-2-1-3-6-9/h1-8H,(H,18,19)(H2,16,17,20). The van der Waals surface area contributed by atoms with Gasteiger partial charge in [0.05, 0.1) is 10.7 Å². The molecule has 0 radical (unpaired) electrons. The van der Waals surface area contributed by atoms with Crippen LogP contribution in [0.25, 0.3) is 0 Å². The zero-order valence-corrected chi connectivity index (χ0v) is 11.0. The Morgan fingerprint density at radius 1 is 0.950 bits per heavy atom. The van der Waals surface area contributed by atoms with Crippen molar-refractivity contribution in [2.75, 3.05) is 10.6 Å². The topological polar surface area (TPSA) is 78.4 Å². The molecule has 2 aromatic carbocycles. The zero-order valence-electron chi connectivity index (χ0n) is 10.3. The lowest BCUT2D eigenvalue weighted by Crippen LogP contribution is -2.21. The Labute approximate surface area is 120 Å². The molecule has 3 N–H and O–H groups in total. The van der Waals surface area contributed by atoms with Gasteiger partial charge in [-0.1, -0.05) is 35.9 Å². The average molecular weight is 291 g/mol. The molecule has 0 unspecified atom stereocenters. The van der Waals surface area contributed by atoms with E-state index in [2.05, 4.69) is 10.6 Å². The van der Waals surface area contributed by atoms with Crippen LogP contribution in [0.1, 0.15) is 10.4 Å². The van der Waals surface area contributed by atoms with Gasteiger partial charge in [0, 0.05) is 5.69 Å². The van der Waals surface area contributed by atoms with E-state index in [1.165, 1.54) is 12.1 Å². The summed E-state index contributed by atoms with van der Waals surface area (Å²) >= 11 is 5.82. The quantitative estimate of drug-likeness (QED) is 0.807. The van der Waals surface area contributed by atoms with Crippen LogP contribution >= 0.6 is 11.6 Å². The molecule has 5 nitrogen and oxygen atoms in total. The molecule has 0 aliphatic heterocycles. The largest absolute Gasteiger partial charge is 0.478 e. The molecule has 6 heteroatoms. The predicted molar refractivity (Wildman–Crippen MR) is 77.5 cm³/mol. The number of amides is 2. The summed E-state index contributed by atoms with van der Waals surface area (Å²) in [7, 11) is 0. The maximum absolute atomic E-state index is 11.8. The van der Waals surface area contributed by atoms with E-state index in [9.17, 15) is 9.59 Å². The van der Waals surface area contributed by atoms with Crippen LogP contribution in [0, 0.1) is 0 Å². The Kier molecular flexibility index (Phi) is 4.22. The molecule has 2 amide bonds. The van der Waals surface area contributed by atoms with Gasteiger partial charge in [0.1, 0.15) is 5.56 Å². The van der Waals surface area contributed by atoms with E-state index >= 15 is 0 Å². The van der Waals surface area contributed by atoms with Crippen molar-refractivity contribution in [3.63, 3.8) is 0 Å². The number of carboxylic acids is 1. The second-order valence-electron chi connectivity index (χ2n) is 3.91. The number of rotatable bonds is 3. The van der Waals surface area contributed by atoms with Crippen LogP contribution in [-0.4, -0.2) is 17.1 Å². The van der Waals surface area contributed by atoms with Crippen molar-refractivity contribution in [3.05, 3.63) is 59.1 Å².